The molecule has 23 heavy (non-hydrogen) atoms. The van der Waals surface area contributed by atoms with Crippen molar-refractivity contribution in [1.29, 1.82) is 0 Å². The Morgan fingerprint density at radius 2 is 2.30 bits per heavy atom. The van der Waals surface area contributed by atoms with Crippen molar-refractivity contribution in [2.24, 2.45) is 0 Å². The zero-order chi connectivity index (χ0) is 16.6. The molecule has 3 rings (SSSR count). The zero-order valence-electron chi connectivity index (χ0n) is 12.7. The van der Waals surface area contributed by atoms with Gasteiger partial charge in [0, 0.05) is 43.0 Å². The fraction of sp³-hybridized carbons (Fsp3) is 0.333. The Balaban J connectivity index is 1.75. The van der Waals surface area contributed by atoms with Crippen LogP contribution < -0.4 is 11.1 Å². The molecule has 0 fully saturated rings. The summed E-state index contributed by atoms with van der Waals surface area (Å²) in [4.78, 5) is 27.1. The van der Waals surface area contributed by atoms with Crippen molar-refractivity contribution < 1.29 is 9.72 Å². The fourth-order valence-electron chi connectivity index (χ4n) is 2.82. The first-order valence-corrected chi connectivity index (χ1v) is 7.31. The number of nitrogens with two attached hydrogens (primary N) is 1. The van der Waals surface area contributed by atoms with Gasteiger partial charge in [-0.25, -0.2) is 4.98 Å². The number of nitrogen functional groups attached to an aromatic ring is 1. The minimum Gasteiger partial charge on any atom is -0.398 e. The number of aryl methyl sites for hydroxylation is 2. The van der Waals surface area contributed by atoms with Gasteiger partial charge in [0.2, 0.25) is 0 Å². The first kappa shape index (κ1) is 15.0. The summed E-state index contributed by atoms with van der Waals surface area (Å²) in [6.45, 7) is 2.57. The number of hydrogen-bond donors (Lipinski definition) is 2. The van der Waals surface area contributed by atoms with Crippen LogP contribution >= 0.6 is 0 Å². The van der Waals surface area contributed by atoms with E-state index in [1.165, 1.54) is 18.2 Å². The van der Waals surface area contributed by atoms with Crippen molar-refractivity contribution >= 4 is 17.3 Å². The highest BCUT2D eigenvalue weighted by Gasteiger charge is 2.23. The largest absolute Gasteiger partial charge is 0.398 e. The smallest absolute Gasteiger partial charge is 0.270 e. The van der Waals surface area contributed by atoms with Gasteiger partial charge in [-0.1, -0.05) is 0 Å². The van der Waals surface area contributed by atoms with E-state index in [1.54, 1.807) is 0 Å². The lowest BCUT2D eigenvalue weighted by Gasteiger charge is -2.24. The molecule has 0 aliphatic carbocycles. The summed E-state index contributed by atoms with van der Waals surface area (Å²) in [6, 6.07) is 3.82. The van der Waals surface area contributed by atoms with Gasteiger partial charge >= 0.3 is 0 Å². The average Bonchev–Trinajstić information content (AvgIpc) is 2.86. The minimum absolute atomic E-state index is 0.0535. The number of hydrogen-bond acceptors (Lipinski definition) is 5. The fourth-order valence-corrected chi connectivity index (χ4v) is 2.82. The zero-order valence-corrected chi connectivity index (χ0v) is 12.7. The first-order chi connectivity index (χ1) is 10.9. The number of fused-ring (bicyclic) bond motifs is 1. The molecule has 1 aromatic carbocycles. The third kappa shape index (κ3) is 3.01. The van der Waals surface area contributed by atoms with Crippen LogP contribution in [0.4, 0.5) is 11.4 Å². The number of carbonyl (C=O) groups excluding carboxylic acids is 1. The van der Waals surface area contributed by atoms with E-state index < -0.39 is 10.8 Å². The highest BCUT2D eigenvalue weighted by atomic mass is 16.6. The predicted molar refractivity (Wildman–Crippen MR) is 84.0 cm³/mol. The lowest BCUT2D eigenvalue weighted by atomic mass is 10.1. The molecular weight excluding hydrogens is 298 g/mol. The molecule has 1 amide bonds. The highest BCUT2D eigenvalue weighted by molar-refractivity contribution is 5.99. The van der Waals surface area contributed by atoms with Crippen molar-refractivity contribution in [3.05, 3.63) is 51.6 Å². The van der Waals surface area contributed by atoms with Crippen molar-refractivity contribution in [3.63, 3.8) is 0 Å². The number of anilines is 1. The van der Waals surface area contributed by atoms with Crippen LogP contribution in [0.2, 0.25) is 0 Å². The van der Waals surface area contributed by atoms with Gasteiger partial charge in [-0.15, -0.1) is 0 Å². The van der Waals surface area contributed by atoms with E-state index >= 15 is 0 Å². The van der Waals surface area contributed by atoms with Gasteiger partial charge in [0.25, 0.3) is 11.6 Å². The van der Waals surface area contributed by atoms with Gasteiger partial charge in [0.15, 0.2) is 0 Å². The van der Waals surface area contributed by atoms with Crippen LogP contribution in [-0.4, -0.2) is 26.4 Å². The summed E-state index contributed by atoms with van der Waals surface area (Å²) >= 11 is 0. The Morgan fingerprint density at radius 3 is 3.04 bits per heavy atom. The van der Waals surface area contributed by atoms with Crippen molar-refractivity contribution in [3.8, 4) is 0 Å². The summed E-state index contributed by atoms with van der Waals surface area (Å²) in [5.41, 5.74) is 6.93. The van der Waals surface area contributed by atoms with Gasteiger partial charge in [0.05, 0.1) is 16.2 Å². The molecule has 0 spiro atoms. The molecule has 1 aliphatic rings. The lowest BCUT2D eigenvalue weighted by molar-refractivity contribution is -0.384. The first-order valence-electron chi connectivity index (χ1n) is 7.31. The lowest BCUT2D eigenvalue weighted by Crippen LogP contribution is -2.41. The third-order valence-corrected chi connectivity index (χ3v) is 3.94. The quantitative estimate of drug-likeness (QED) is 0.505. The van der Waals surface area contributed by atoms with Crippen LogP contribution in [0.3, 0.4) is 0 Å². The molecule has 8 heteroatoms. The SMILES string of the molecule is Cc1cn2c(n1)CCC(NC(=O)c1cc([N+](=O)[O-])ccc1N)C2. The van der Waals surface area contributed by atoms with E-state index in [9.17, 15) is 14.9 Å². The summed E-state index contributed by atoms with van der Waals surface area (Å²) in [7, 11) is 0. The second-order valence-electron chi connectivity index (χ2n) is 5.69. The Hall–Kier alpha value is -2.90. The van der Waals surface area contributed by atoms with E-state index in [4.69, 9.17) is 5.73 Å². The molecule has 0 radical (unpaired) electrons. The van der Waals surface area contributed by atoms with Crippen LogP contribution in [0.15, 0.2) is 24.4 Å². The van der Waals surface area contributed by atoms with Crippen LogP contribution in [-0.2, 0) is 13.0 Å². The highest BCUT2D eigenvalue weighted by Crippen LogP contribution is 2.21. The number of carbonyl (C=O) groups is 1. The maximum absolute atomic E-state index is 12.4. The number of nitrogens with zero attached hydrogens (tertiary/aromatic N) is 3. The van der Waals surface area contributed by atoms with E-state index in [1.807, 2.05) is 17.7 Å². The molecule has 1 atom stereocenters. The number of nitro groups is 1. The van der Waals surface area contributed by atoms with E-state index in [-0.39, 0.29) is 23.0 Å². The summed E-state index contributed by atoms with van der Waals surface area (Å²) in [5.74, 6) is 0.624. The van der Waals surface area contributed by atoms with E-state index in [0.29, 0.717) is 6.54 Å². The van der Waals surface area contributed by atoms with Crippen molar-refractivity contribution in [2.45, 2.75) is 32.4 Å². The monoisotopic (exact) mass is 315 g/mol. The molecule has 2 aromatic rings. The van der Waals surface area contributed by atoms with E-state index in [2.05, 4.69) is 10.3 Å². The average molecular weight is 315 g/mol. The number of benzene rings is 1. The van der Waals surface area contributed by atoms with Crippen LogP contribution in [0.1, 0.15) is 28.3 Å². The maximum atomic E-state index is 12.4. The molecule has 120 valence electrons. The summed E-state index contributed by atoms with van der Waals surface area (Å²) in [5, 5.41) is 13.7. The number of imidazole rings is 1. The Labute approximate surface area is 132 Å². The maximum Gasteiger partial charge on any atom is 0.270 e. The molecule has 2 heterocycles. The standard InChI is InChI=1S/C15H17N5O3/c1-9-7-19-8-10(2-5-14(19)17-9)18-15(21)12-6-11(20(22)23)3-4-13(12)16/h3-4,6-7,10H,2,5,8,16H2,1H3,(H,18,21). The summed E-state index contributed by atoms with van der Waals surface area (Å²) in [6.07, 6.45) is 3.51. The van der Waals surface area contributed by atoms with Crippen LogP contribution in [0.5, 0.6) is 0 Å². The topological polar surface area (TPSA) is 116 Å². The number of nitro benzene ring substituents is 1. The van der Waals surface area contributed by atoms with Crippen LogP contribution in [0.25, 0.3) is 0 Å². The molecule has 1 aromatic heterocycles. The van der Waals surface area contributed by atoms with Gasteiger partial charge in [-0.3, -0.25) is 14.9 Å². The minimum atomic E-state index is -0.544. The van der Waals surface area contributed by atoms with Crippen molar-refractivity contribution in [2.75, 3.05) is 5.73 Å². The number of amides is 1. The molecular formula is C15H17N5O3. The van der Waals surface area contributed by atoms with Gasteiger partial charge < -0.3 is 15.6 Å². The van der Waals surface area contributed by atoms with Gasteiger partial charge in [0.1, 0.15) is 5.82 Å². The number of aromatic nitrogens is 2. The normalized spacial score (nSPS) is 16.7. The van der Waals surface area contributed by atoms with Crippen LogP contribution in [0, 0.1) is 17.0 Å². The molecule has 0 saturated carbocycles. The Kier molecular flexibility index (Phi) is 3.73. The molecule has 8 nitrogen and oxygen atoms in total. The van der Waals surface area contributed by atoms with Gasteiger partial charge in [-0.05, 0) is 19.4 Å². The van der Waals surface area contributed by atoms with Crippen molar-refractivity contribution in [1.82, 2.24) is 14.9 Å². The van der Waals surface area contributed by atoms with Gasteiger partial charge in [-0.2, -0.15) is 0 Å². The molecule has 0 bridgehead atoms. The third-order valence-electron chi connectivity index (χ3n) is 3.94. The molecule has 3 N–H and O–H groups in total. The summed E-state index contributed by atoms with van der Waals surface area (Å²) < 4.78 is 2.03. The Bertz CT molecular complexity index is 783. The van der Waals surface area contributed by atoms with E-state index in [0.717, 1.165) is 24.4 Å². The second-order valence-corrected chi connectivity index (χ2v) is 5.69. The number of nitrogens with one attached hydrogen (secondary N) is 1. The number of rotatable bonds is 3. The molecule has 1 unspecified atom stereocenters. The predicted octanol–water partition coefficient (Wildman–Crippen LogP) is 1.43. The molecule has 0 saturated heterocycles. The molecule has 1 aliphatic heterocycles. The second kappa shape index (κ2) is 5.71. The Morgan fingerprint density at radius 1 is 1.52 bits per heavy atom. The number of non-ortho nitro benzene ring substituents is 1.